The molecule has 90 valence electrons. The molecule has 0 heterocycles. The van der Waals surface area contributed by atoms with Gasteiger partial charge in [-0.2, -0.15) is 0 Å². The van der Waals surface area contributed by atoms with Crippen LogP contribution in [0.1, 0.15) is 18.4 Å². The van der Waals surface area contributed by atoms with Crippen molar-refractivity contribution < 1.29 is 4.74 Å². The van der Waals surface area contributed by atoms with E-state index in [2.05, 4.69) is 24.1 Å². The molecule has 0 fully saturated rings. The molecule has 0 aliphatic rings. The van der Waals surface area contributed by atoms with Gasteiger partial charge < -0.3 is 9.64 Å². The van der Waals surface area contributed by atoms with Gasteiger partial charge in [0, 0.05) is 12.4 Å². The van der Waals surface area contributed by atoms with E-state index >= 15 is 0 Å². The Labute approximate surface area is 103 Å². The van der Waals surface area contributed by atoms with Crippen LogP contribution in [0, 0.1) is 0 Å². The first-order valence-electron chi connectivity index (χ1n) is 5.63. The van der Waals surface area contributed by atoms with E-state index in [9.17, 15) is 0 Å². The lowest BCUT2D eigenvalue weighted by Crippen LogP contribution is -2.19. The molecule has 0 aliphatic heterocycles. The Morgan fingerprint density at radius 1 is 1.19 bits per heavy atom. The maximum atomic E-state index is 5.65. The zero-order valence-electron chi connectivity index (χ0n) is 10.1. The Balaban J connectivity index is 2.34. The van der Waals surface area contributed by atoms with Gasteiger partial charge in [-0.05, 0) is 44.1 Å². The van der Waals surface area contributed by atoms with E-state index < -0.39 is 0 Å². The summed E-state index contributed by atoms with van der Waals surface area (Å²) in [7, 11) is 3.83. The predicted molar refractivity (Wildman–Crippen MR) is 69.3 cm³/mol. The topological polar surface area (TPSA) is 12.5 Å². The minimum absolute atomic E-state index is 0.760. The Morgan fingerprint density at radius 3 is 2.44 bits per heavy atom. The van der Waals surface area contributed by atoms with Crippen LogP contribution in [0.3, 0.4) is 0 Å². The number of rotatable bonds is 7. The van der Waals surface area contributed by atoms with E-state index in [1.54, 1.807) is 7.11 Å². The SMILES string of the molecule is COc1ccc(CN(C)CCCCCl)cc1. The van der Waals surface area contributed by atoms with Crippen molar-refractivity contribution in [2.24, 2.45) is 0 Å². The molecule has 16 heavy (non-hydrogen) atoms. The van der Waals surface area contributed by atoms with Crippen molar-refractivity contribution in [3.05, 3.63) is 29.8 Å². The second-order valence-corrected chi connectivity index (χ2v) is 4.36. The summed E-state index contributed by atoms with van der Waals surface area (Å²) < 4.78 is 5.13. The lowest BCUT2D eigenvalue weighted by Gasteiger charge is -2.16. The van der Waals surface area contributed by atoms with Gasteiger partial charge in [-0.25, -0.2) is 0 Å². The van der Waals surface area contributed by atoms with E-state index in [1.807, 2.05) is 12.1 Å². The Hall–Kier alpha value is -0.730. The number of nitrogens with zero attached hydrogens (tertiary/aromatic N) is 1. The molecule has 0 bridgehead atoms. The van der Waals surface area contributed by atoms with Crippen LogP contribution in [0.15, 0.2) is 24.3 Å². The molecule has 0 unspecified atom stereocenters. The van der Waals surface area contributed by atoms with Gasteiger partial charge in [0.1, 0.15) is 5.75 Å². The highest BCUT2D eigenvalue weighted by Gasteiger charge is 2.00. The fraction of sp³-hybridized carbons (Fsp3) is 0.538. The van der Waals surface area contributed by atoms with Gasteiger partial charge >= 0.3 is 0 Å². The molecular weight excluding hydrogens is 222 g/mol. The first-order chi connectivity index (χ1) is 7.76. The standard InChI is InChI=1S/C13H20ClNO/c1-15(10-4-3-9-14)11-12-5-7-13(16-2)8-6-12/h5-8H,3-4,9-11H2,1-2H3. The Bertz CT molecular complexity index is 286. The molecule has 0 atom stereocenters. The van der Waals surface area contributed by atoms with Crippen molar-refractivity contribution >= 4 is 11.6 Å². The molecule has 0 saturated carbocycles. The van der Waals surface area contributed by atoms with Crippen molar-refractivity contribution in [3.63, 3.8) is 0 Å². The molecular formula is C13H20ClNO. The first kappa shape index (κ1) is 13.3. The van der Waals surface area contributed by atoms with Gasteiger partial charge in [-0.15, -0.1) is 11.6 Å². The average molecular weight is 242 g/mol. The summed E-state index contributed by atoms with van der Waals surface area (Å²) in [5.41, 5.74) is 1.31. The van der Waals surface area contributed by atoms with Crippen LogP contribution in [-0.2, 0) is 6.54 Å². The lowest BCUT2D eigenvalue weighted by atomic mass is 10.2. The number of ether oxygens (including phenoxy) is 1. The van der Waals surface area contributed by atoms with Crippen molar-refractivity contribution in [1.29, 1.82) is 0 Å². The van der Waals surface area contributed by atoms with Crippen LogP contribution in [0.25, 0.3) is 0 Å². The molecule has 0 saturated heterocycles. The van der Waals surface area contributed by atoms with E-state index in [-0.39, 0.29) is 0 Å². The molecule has 0 N–H and O–H groups in total. The van der Waals surface area contributed by atoms with E-state index in [1.165, 1.54) is 5.56 Å². The quantitative estimate of drug-likeness (QED) is 0.537. The molecule has 0 spiro atoms. The van der Waals surface area contributed by atoms with Gasteiger partial charge in [0.2, 0.25) is 0 Å². The summed E-state index contributed by atoms with van der Waals surface area (Å²) >= 11 is 5.65. The fourth-order valence-corrected chi connectivity index (χ4v) is 1.79. The largest absolute Gasteiger partial charge is 0.497 e. The predicted octanol–water partition coefficient (Wildman–Crippen LogP) is 3.15. The van der Waals surface area contributed by atoms with Crippen molar-refractivity contribution in [1.82, 2.24) is 4.90 Å². The summed E-state index contributed by atoms with van der Waals surface area (Å²) in [5.74, 6) is 1.67. The summed E-state index contributed by atoms with van der Waals surface area (Å²) in [6, 6.07) is 8.22. The van der Waals surface area contributed by atoms with Crippen LogP contribution < -0.4 is 4.74 Å². The van der Waals surface area contributed by atoms with Gasteiger partial charge in [0.05, 0.1) is 7.11 Å². The molecule has 2 nitrogen and oxygen atoms in total. The van der Waals surface area contributed by atoms with Gasteiger partial charge in [-0.3, -0.25) is 0 Å². The number of hydrogen-bond acceptors (Lipinski definition) is 2. The van der Waals surface area contributed by atoms with Crippen LogP contribution in [0.4, 0.5) is 0 Å². The normalized spacial score (nSPS) is 10.8. The zero-order valence-corrected chi connectivity index (χ0v) is 10.8. The molecule has 0 aliphatic carbocycles. The number of benzene rings is 1. The fourth-order valence-electron chi connectivity index (χ4n) is 1.60. The minimum Gasteiger partial charge on any atom is -0.497 e. The molecule has 3 heteroatoms. The summed E-state index contributed by atoms with van der Waals surface area (Å²) in [5, 5.41) is 0. The van der Waals surface area contributed by atoms with Crippen molar-refractivity contribution in [2.75, 3.05) is 26.6 Å². The second kappa shape index (κ2) is 7.53. The van der Waals surface area contributed by atoms with Crippen molar-refractivity contribution in [2.45, 2.75) is 19.4 Å². The average Bonchev–Trinajstić information content (AvgIpc) is 2.30. The first-order valence-corrected chi connectivity index (χ1v) is 6.17. The Kier molecular flexibility index (Phi) is 6.27. The van der Waals surface area contributed by atoms with Crippen LogP contribution in [0.5, 0.6) is 5.75 Å². The molecule has 0 amide bonds. The second-order valence-electron chi connectivity index (χ2n) is 3.98. The maximum Gasteiger partial charge on any atom is 0.118 e. The lowest BCUT2D eigenvalue weighted by molar-refractivity contribution is 0.321. The van der Waals surface area contributed by atoms with Crippen molar-refractivity contribution in [3.8, 4) is 5.75 Å². The molecule has 1 aromatic rings. The third-order valence-corrected chi connectivity index (χ3v) is 2.80. The number of unbranched alkanes of at least 4 members (excludes halogenated alkanes) is 1. The zero-order chi connectivity index (χ0) is 11.8. The Morgan fingerprint density at radius 2 is 1.88 bits per heavy atom. The summed E-state index contributed by atoms with van der Waals surface area (Å²) in [6.45, 7) is 2.07. The summed E-state index contributed by atoms with van der Waals surface area (Å²) in [4.78, 5) is 2.31. The van der Waals surface area contributed by atoms with Gasteiger partial charge in [0.15, 0.2) is 0 Å². The van der Waals surface area contributed by atoms with Gasteiger partial charge in [-0.1, -0.05) is 12.1 Å². The highest BCUT2D eigenvalue weighted by Crippen LogP contribution is 2.12. The number of hydrogen-bond donors (Lipinski definition) is 0. The van der Waals surface area contributed by atoms with E-state index in [4.69, 9.17) is 16.3 Å². The van der Waals surface area contributed by atoms with Crippen LogP contribution >= 0.6 is 11.6 Å². The van der Waals surface area contributed by atoms with E-state index in [0.717, 1.165) is 37.6 Å². The third kappa shape index (κ3) is 4.86. The number of halogens is 1. The van der Waals surface area contributed by atoms with Crippen LogP contribution in [-0.4, -0.2) is 31.5 Å². The monoisotopic (exact) mass is 241 g/mol. The van der Waals surface area contributed by atoms with Crippen LogP contribution in [0.2, 0.25) is 0 Å². The number of methoxy groups -OCH3 is 1. The van der Waals surface area contributed by atoms with E-state index in [0.29, 0.717) is 0 Å². The summed E-state index contributed by atoms with van der Waals surface area (Å²) in [6.07, 6.45) is 2.25. The molecule has 0 radical (unpaired) electrons. The molecule has 1 rings (SSSR count). The molecule has 1 aromatic carbocycles. The number of alkyl halides is 1. The minimum atomic E-state index is 0.760. The highest BCUT2D eigenvalue weighted by molar-refractivity contribution is 6.17. The maximum absolute atomic E-state index is 5.65. The molecule has 0 aromatic heterocycles. The third-order valence-electron chi connectivity index (χ3n) is 2.54. The van der Waals surface area contributed by atoms with Gasteiger partial charge in [0.25, 0.3) is 0 Å². The highest BCUT2D eigenvalue weighted by atomic mass is 35.5. The smallest absolute Gasteiger partial charge is 0.118 e.